The molecule has 2 amide bonds. The summed E-state index contributed by atoms with van der Waals surface area (Å²) in [4.78, 5) is 30.9. The largest absolute Gasteiger partial charge is 0.416 e. The highest BCUT2D eigenvalue weighted by Gasteiger charge is 2.44. The van der Waals surface area contributed by atoms with E-state index in [1.807, 2.05) is 6.07 Å². The van der Waals surface area contributed by atoms with Crippen molar-refractivity contribution in [3.05, 3.63) is 117 Å². The number of carbonyl (C=O) groups is 2. The molecule has 0 spiro atoms. The van der Waals surface area contributed by atoms with Crippen LogP contribution in [-0.2, 0) is 11.7 Å². The number of aromatic nitrogens is 3. The first kappa shape index (κ1) is 28.8. The third-order valence-electron chi connectivity index (χ3n) is 7.31. The highest BCUT2D eigenvalue weighted by atomic mass is 35.5. The number of hydrogen-bond acceptors (Lipinski definition) is 5. The monoisotopic (exact) mass is 622 g/mol. The average Bonchev–Trinajstić information content (AvgIpc) is 3.55. The maximum Gasteiger partial charge on any atom is 0.416 e. The summed E-state index contributed by atoms with van der Waals surface area (Å²) in [6.07, 6.45) is -3.70. The molecule has 0 saturated carbocycles. The lowest BCUT2D eigenvalue weighted by molar-refractivity contribution is -0.137. The molecule has 1 aliphatic heterocycles. The van der Waals surface area contributed by atoms with E-state index in [0.717, 1.165) is 12.1 Å². The SMILES string of the molecule is CC1(c2cc(F)ccc2Cl)NC(=O)c2cc(-c3ccc4ncnn4c3C#N)cc(NC(=O)c3cc(F)cc(C(F)(F)F)c3)c21. The number of nitrogens with one attached hydrogen (secondary N) is 2. The van der Waals surface area contributed by atoms with E-state index in [1.165, 1.54) is 36.0 Å². The van der Waals surface area contributed by atoms with E-state index in [9.17, 15) is 36.8 Å². The topological polar surface area (TPSA) is 112 Å². The van der Waals surface area contributed by atoms with Gasteiger partial charge in [-0.15, -0.1) is 0 Å². The Bertz CT molecular complexity index is 2090. The van der Waals surface area contributed by atoms with Crippen LogP contribution in [0.3, 0.4) is 0 Å². The number of hydrogen-bond donors (Lipinski definition) is 2. The van der Waals surface area contributed by atoms with Crippen LogP contribution in [0.25, 0.3) is 16.8 Å². The Hall–Kier alpha value is -5.35. The molecule has 0 saturated heterocycles. The number of fused-ring (bicyclic) bond motifs is 2. The van der Waals surface area contributed by atoms with Crippen molar-refractivity contribution in [1.29, 1.82) is 5.26 Å². The standard InChI is InChI=1S/C30H16ClF5N6O2/c1-29(21-11-17(32)2-4-22(21)31)26-20(28(44)41-29)8-14(19-3-5-25-38-13-39-42(25)24(19)12-37)9-23(26)40-27(43)15-6-16(30(34,35)36)10-18(33)7-15/h2-11,13H,1H3,(H,40,43)(H,41,44). The van der Waals surface area contributed by atoms with Crippen LogP contribution in [0, 0.1) is 23.0 Å². The molecular formula is C30H16ClF5N6O2. The summed E-state index contributed by atoms with van der Waals surface area (Å²) in [5.74, 6) is -3.74. The van der Waals surface area contributed by atoms with E-state index >= 15 is 0 Å². The summed E-state index contributed by atoms with van der Waals surface area (Å²) in [6, 6.07) is 12.9. The van der Waals surface area contributed by atoms with Crippen LogP contribution in [-0.4, -0.2) is 26.4 Å². The lowest BCUT2D eigenvalue weighted by Gasteiger charge is -2.29. The summed E-state index contributed by atoms with van der Waals surface area (Å²) in [5, 5.41) is 19.3. The maximum atomic E-state index is 14.4. The molecule has 0 fully saturated rings. The van der Waals surface area contributed by atoms with Crippen molar-refractivity contribution in [2.75, 3.05) is 5.32 Å². The molecule has 1 aliphatic rings. The number of halogens is 6. The molecule has 2 N–H and O–H groups in total. The van der Waals surface area contributed by atoms with Crippen molar-refractivity contribution in [3.8, 4) is 17.2 Å². The molecule has 6 rings (SSSR count). The number of nitrogens with zero attached hydrogens (tertiary/aromatic N) is 4. The van der Waals surface area contributed by atoms with Crippen LogP contribution < -0.4 is 10.6 Å². The Morgan fingerprint density at radius 1 is 1.05 bits per heavy atom. The molecule has 1 unspecified atom stereocenters. The number of carbonyl (C=O) groups excluding carboxylic acids is 2. The highest BCUT2D eigenvalue weighted by molar-refractivity contribution is 6.31. The van der Waals surface area contributed by atoms with Gasteiger partial charge < -0.3 is 10.6 Å². The zero-order valence-electron chi connectivity index (χ0n) is 22.2. The molecule has 1 atom stereocenters. The van der Waals surface area contributed by atoms with Gasteiger partial charge in [-0.1, -0.05) is 11.6 Å². The predicted molar refractivity (Wildman–Crippen MR) is 148 cm³/mol. The van der Waals surface area contributed by atoms with Gasteiger partial charge in [0.1, 0.15) is 24.0 Å². The van der Waals surface area contributed by atoms with Crippen LogP contribution in [0.15, 0.2) is 67.0 Å². The number of pyridine rings is 1. The first-order chi connectivity index (χ1) is 20.8. The molecule has 220 valence electrons. The quantitative estimate of drug-likeness (QED) is 0.223. The lowest BCUT2D eigenvalue weighted by Crippen LogP contribution is -2.38. The first-order valence-corrected chi connectivity index (χ1v) is 13.1. The van der Waals surface area contributed by atoms with Crippen molar-refractivity contribution < 1.29 is 31.5 Å². The Morgan fingerprint density at radius 2 is 1.82 bits per heavy atom. The number of nitriles is 1. The summed E-state index contributed by atoms with van der Waals surface area (Å²) in [5.41, 5.74) is -2.52. The van der Waals surface area contributed by atoms with Gasteiger partial charge in [0, 0.05) is 38.5 Å². The Morgan fingerprint density at radius 3 is 2.55 bits per heavy atom. The van der Waals surface area contributed by atoms with Gasteiger partial charge in [0.25, 0.3) is 11.8 Å². The number of alkyl halides is 3. The Labute approximate surface area is 249 Å². The number of rotatable bonds is 4. The van der Waals surface area contributed by atoms with E-state index < -0.39 is 46.3 Å². The molecule has 8 nitrogen and oxygen atoms in total. The maximum absolute atomic E-state index is 14.4. The van der Waals surface area contributed by atoms with Gasteiger partial charge in [-0.2, -0.15) is 23.5 Å². The minimum Gasteiger partial charge on any atom is -0.339 e. The summed E-state index contributed by atoms with van der Waals surface area (Å²) in [6.45, 7) is 1.51. The lowest BCUT2D eigenvalue weighted by atomic mass is 9.82. The van der Waals surface area contributed by atoms with Gasteiger partial charge >= 0.3 is 6.18 Å². The minimum absolute atomic E-state index is 0.00146. The normalized spacial score (nSPS) is 16.0. The second kappa shape index (κ2) is 10.1. The number of benzene rings is 3. The molecule has 0 bridgehead atoms. The highest BCUT2D eigenvalue weighted by Crippen LogP contribution is 2.46. The Balaban J connectivity index is 1.58. The van der Waals surface area contributed by atoms with Crippen LogP contribution in [0.4, 0.5) is 27.6 Å². The smallest absolute Gasteiger partial charge is 0.339 e. The van der Waals surface area contributed by atoms with Gasteiger partial charge in [-0.05, 0) is 73.2 Å². The van der Waals surface area contributed by atoms with Crippen molar-refractivity contribution in [2.45, 2.75) is 18.6 Å². The minimum atomic E-state index is -4.94. The second-order valence-corrected chi connectivity index (χ2v) is 10.5. The fourth-order valence-corrected chi connectivity index (χ4v) is 5.67. The molecule has 0 radical (unpaired) electrons. The third-order valence-corrected chi connectivity index (χ3v) is 7.64. The molecule has 2 aromatic heterocycles. The van der Waals surface area contributed by atoms with Crippen LogP contribution in [0.1, 0.15) is 50.0 Å². The molecule has 14 heteroatoms. The Kier molecular flexibility index (Phi) is 6.62. The zero-order valence-corrected chi connectivity index (χ0v) is 23.0. The molecular weight excluding hydrogens is 607 g/mol. The van der Waals surface area contributed by atoms with E-state index in [2.05, 4.69) is 20.7 Å². The molecule has 3 aromatic carbocycles. The van der Waals surface area contributed by atoms with Gasteiger partial charge in [-0.3, -0.25) is 9.59 Å². The van der Waals surface area contributed by atoms with E-state index in [4.69, 9.17) is 11.6 Å². The fraction of sp³-hybridized carbons (Fsp3) is 0.100. The van der Waals surface area contributed by atoms with Crippen LogP contribution >= 0.6 is 11.6 Å². The van der Waals surface area contributed by atoms with Gasteiger partial charge in [-0.25, -0.2) is 18.3 Å². The number of amides is 2. The van der Waals surface area contributed by atoms with Gasteiger partial charge in [0.15, 0.2) is 11.3 Å². The summed E-state index contributed by atoms with van der Waals surface area (Å²) in [7, 11) is 0. The van der Waals surface area contributed by atoms with Crippen molar-refractivity contribution in [1.82, 2.24) is 19.9 Å². The molecule has 5 aromatic rings. The van der Waals surface area contributed by atoms with E-state index in [-0.39, 0.29) is 50.3 Å². The van der Waals surface area contributed by atoms with Crippen LogP contribution in [0.2, 0.25) is 5.02 Å². The molecule has 44 heavy (non-hydrogen) atoms. The summed E-state index contributed by atoms with van der Waals surface area (Å²) < 4.78 is 70.1. The van der Waals surface area contributed by atoms with Gasteiger partial charge in [0.05, 0.1) is 11.1 Å². The third kappa shape index (κ3) is 4.69. The fourth-order valence-electron chi connectivity index (χ4n) is 5.36. The zero-order chi connectivity index (χ0) is 31.6. The summed E-state index contributed by atoms with van der Waals surface area (Å²) >= 11 is 6.42. The average molecular weight is 623 g/mol. The van der Waals surface area contributed by atoms with Crippen molar-refractivity contribution in [2.24, 2.45) is 0 Å². The van der Waals surface area contributed by atoms with Crippen molar-refractivity contribution >= 4 is 34.7 Å². The van der Waals surface area contributed by atoms with Gasteiger partial charge in [0.2, 0.25) is 0 Å². The van der Waals surface area contributed by atoms with E-state index in [0.29, 0.717) is 17.8 Å². The van der Waals surface area contributed by atoms with Crippen molar-refractivity contribution in [3.63, 3.8) is 0 Å². The second-order valence-electron chi connectivity index (χ2n) is 10.1. The first-order valence-electron chi connectivity index (χ1n) is 12.7. The molecule has 0 aliphatic carbocycles. The number of anilines is 1. The van der Waals surface area contributed by atoms with Crippen LogP contribution in [0.5, 0.6) is 0 Å². The van der Waals surface area contributed by atoms with E-state index in [1.54, 1.807) is 12.1 Å². The molecule has 3 heterocycles. The predicted octanol–water partition coefficient (Wildman–Crippen LogP) is 6.48.